The predicted octanol–water partition coefficient (Wildman–Crippen LogP) is 3.45. The molecule has 0 aromatic carbocycles. The standard InChI is InChI=1S/C12H14ClN3OS2/c1-8(17)14-12-15-9(7-18-12)5-16(2)6-10-3-4-11(13)19-10/h3-4,7H,5-6H2,1-2H3,(H,14,15,17). The van der Waals surface area contributed by atoms with E-state index in [4.69, 9.17) is 11.6 Å². The largest absolute Gasteiger partial charge is 0.302 e. The fourth-order valence-electron chi connectivity index (χ4n) is 1.62. The highest BCUT2D eigenvalue weighted by Gasteiger charge is 2.08. The first-order chi connectivity index (χ1) is 9.02. The molecule has 1 N–H and O–H groups in total. The van der Waals surface area contributed by atoms with Gasteiger partial charge in [-0.05, 0) is 19.2 Å². The molecule has 19 heavy (non-hydrogen) atoms. The Morgan fingerprint density at radius 3 is 2.89 bits per heavy atom. The molecule has 0 unspecified atom stereocenters. The van der Waals surface area contributed by atoms with E-state index in [0.717, 1.165) is 23.1 Å². The lowest BCUT2D eigenvalue weighted by molar-refractivity contribution is -0.114. The minimum absolute atomic E-state index is 0.0949. The molecule has 2 rings (SSSR count). The number of nitrogens with zero attached hydrogens (tertiary/aromatic N) is 2. The zero-order valence-corrected chi connectivity index (χ0v) is 13.0. The van der Waals surface area contributed by atoms with Gasteiger partial charge in [0.15, 0.2) is 5.13 Å². The van der Waals surface area contributed by atoms with E-state index in [1.54, 1.807) is 11.3 Å². The van der Waals surface area contributed by atoms with Crippen molar-refractivity contribution in [2.24, 2.45) is 0 Å². The zero-order valence-electron chi connectivity index (χ0n) is 10.6. The molecular formula is C12H14ClN3OS2. The smallest absolute Gasteiger partial charge is 0.223 e. The van der Waals surface area contributed by atoms with E-state index < -0.39 is 0 Å². The van der Waals surface area contributed by atoms with Crippen LogP contribution in [-0.4, -0.2) is 22.8 Å². The second-order valence-electron chi connectivity index (χ2n) is 4.20. The van der Waals surface area contributed by atoms with Crippen LogP contribution in [-0.2, 0) is 17.9 Å². The number of hydrogen-bond donors (Lipinski definition) is 1. The van der Waals surface area contributed by atoms with Gasteiger partial charge in [0.25, 0.3) is 0 Å². The number of carbonyl (C=O) groups is 1. The highest BCUT2D eigenvalue weighted by Crippen LogP contribution is 2.23. The number of carbonyl (C=O) groups excluding carboxylic acids is 1. The highest BCUT2D eigenvalue weighted by atomic mass is 35.5. The van der Waals surface area contributed by atoms with Crippen molar-refractivity contribution < 1.29 is 4.79 Å². The Balaban J connectivity index is 1.89. The van der Waals surface area contributed by atoms with Gasteiger partial charge in [-0.25, -0.2) is 4.98 Å². The maximum Gasteiger partial charge on any atom is 0.223 e. The summed E-state index contributed by atoms with van der Waals surface area (Å²) in [5.74, 6) is -0.0949. The number of rotatable bonds is 5. The summed E-state index contributed by atoms with van der Waals surface area (Å²) in [6.07, 6.45) is 0. The summed E-state index contributed by atoms with van der Waals surface area (Å²) in [7, 11) is 2.03. The molecule has 0 aliphatic heterocycles. The molecule has 4 nitrogen and oxygen atoms in total. The van der Waals surface area contributed by atoms with Gasteiger partial charge in [-0.2, -0.15) is 0 Å². The highest BCUT2D eigenvalue weighted by molar-refractivity contribution is 7.16. The van der Waals surface area contributed by atoms with Crippen molar-refractivity contribution in [2.45, 2.75) is 20.0 Å². The third-order valence-electron chi connectivity index (χ3n) is 2.32. The Bertz CT molecular complexity index is 567. The van der Waals surface area contributed by atoms with Gasteiger partial charge in [-0.1, -0.05) is 11.6 Å². The van der Waals surface area contributed by atoms with Gasteiger partial charge in [-0.15, -0.1) is 22.7 Å². The van der Waals surface area contributed by atoms with Crippen molar-refractivity contribution in [3.63, 3.8) is 0 Å². The van der Waals surface area contributed by atoms with Gasteiger partial charge < -0.3 is 5.32 Å². The molecule has 7 heteroatoms. The maximum absolute atomic E-state index is 10.9. The number of halogens is 1. The SMILES string of the molecule is CC(=O)Nc1nc(CN(C)Cc2ccc(Cl)s2)cs1. The third-order valence-corrected chi connectivity index (χ3v) is 4.34. The molecule has 0 saturated heterocycles. The van der Waals surface area contributed by atoms with Gasteiger partial charge in [-0.3, -0.25) is 9.69 Å². The number of thiazole rings is 1. The van der Waals surface area contributed by atoms with Crippen LogP contribution in [0.5, 0.6) is 0 Å². The van der Waals surface area contributed by atoms with Crippen molar-refractivity contribution in [1.82, 2.24) is 9.88 Å². The lowest BCUT2D eigenvalue weighted by atomic mass is 10.4. The molecule has 2 heterocycles. The molecular weight excluding hydrogens is 302 g/mol. The molecule has 0 aliphatic carbocycles. The predicted molar refractivity (Wildman–Crippen MR) is 80.9 cm³/mol. The molecule has 0 spiro atoms. The molecule has 0 aliphatic rings. The lowest BCUT2D eigenvalue weighted by Crippen LogP contribution is -2.16. The summed E-state index contributed by atoms with van der Waals surface area (Å²) >= 11 is 8.94. The average molecular weight is 316 g/mol. The van der Waals surface area contributed by atoms with E-state index in [1.165, 1.54) is 23.1 Å². The first kappa shape index (κ1) is 14.5. The first-order valence-electron chi connectivity index (χ1n) is 5.67. The summed E-state index contributed by atoms with van der Waals surface area (Å²) in [6, 6.07) is 3.94. The van der Waals surface area contributed by atoms with Gasteiger partial charge >= 0.3 is 0 Å². The van der Waals surface area contributed by atoms with Crippen LogP contribution in [0.2, 0.25) is 4.34 Å². The number of nitrogens with one attached hydrogen (secondary N) is 1. The summed E-state index contributed by atoms with van der Waals surface area (Å²) in [5.41, 5.74) is 0.957. The summed E-state index contributed by atoms with van der Waals surface area (Å²) < 4.78 is 0.810. The Morgan fingerprint density at radius 1 is 1.47 bits per heavy atom. The van der Waals surface area contributed by atoms with E-state index >= 15 is 0 Å². The topological polar surface area (TPSA) is 45.2 Å². The van der Waals surface area contributed by atoms with E-state index in [2.05, 4.69) is 15.2 Å². The van der Waals surface area contributed by atoms with Crippen molar-refractivity contribution in [1.29, 1.82) is 0 Å². The maximum atomic E-state index is 10.9. The monoisotopic (exact) mass is 315 g/mol. The van der Waals surface area contributed by atoms with E-state index in [1.807, 2.05) is 24.6 Å². The van der Waals surface area contributed by atoms with E-state index in [-0.39, 0.29) is 5.91 Å². The molecule has 0 bridgehead atoms. The molecule has 0 atom stereocenters. The van der Waals surface area contributed by atoms with Crippen LogP contribution in [0.1, 0.15) is 17.5 Å². The van der Waals surface area contributed by atoms with Crippen LogP contribution in [0.3, 0.4) is 0 Å². The zero-order chi connectivity index (χ0) is 13.8. The lowest BCUT2D eigenvalue weighted by Gasteiger charge is -2.13. The average Bonchev–Trinajstić information content (AvgIpc) is 2.88. The summed E-state index contributed by atoms with van der Waals surface area (Å²) in [6.45, 7) is 3.06. The van der Waals surface area contributed by atoms with Crippen molar-refractivity contribution in [3.05, 3.63) is 32.4 Å². The minimum atomic E-state index is -0.0949. The van der Waals surface area contributed by atoms with E-state index in [9.17, 15) is 4.79 Å². The normalized spacial score (nSPS) is 10.9. The molecule has 2 aromatic heterocycles. The number of hydrogen-bond acceptors (Lipinski definition) is 5. The Labute approximate surface area is 125 Å². The minimum Gasteiger partial charge on any atom is -0.302 e. The van der Waals surface area contributed by atoms with Crippen LogP contribution in [0.25, 0.3) is 0 Å². The van der Waals surface area contributed by atoms with Gasteiger partial charge in [0.1, 0.15) is 0 Å². The van der Waals surface area contributed by atoms with Crippen molar-refractivity contribution in [3.8, 4) is 0 Å². The summed E-state index contributed by atoms with van der Waals surface area (Å²) in [5, 5.41) is 5.30. The van der Waals surface area contributed by atoms with Crippen molar-refractivity contribution in [2.75, 3.05) is 12.4 Å². The second-order valence-corrected chi connectivity index (χ2v) is 6.86. The fourth-order valence-corrected chi connectivity index (χ4v) is 3.54. The first-order valence-corrected chi connectivity index (χ1v) is 7.75. The fraction of sp³-hybridized carbons (Fsp3) is 0.333. The number of anilines is 1. The third kappa shape index (κ3) is 4.58. The van der Waals surface area contributed by atoms with Gasteiger partial charge in [0.2, 0.25) is 5.91 Å². The van der Waals surface area contributed by atoms with Crippen LogP contribution >= 0.6 is 34.3 Å². The summed E-state index contributed by atoms with van der Waals surface area (Å²) in [4.78, 5) is 18.7. The van der Waals surface area contributed by atoms with Gasteiger partial charge in [0, 0.05) is 30.3 Å². The van der Waals surface area contributed by atoms with Crippen LogP contribution in [0.4, 0.5) is 5.13 Å². The van der Waals surface area contributed by atoms with Crippen LogP contribution < -0.4 is 5.32 Å². The molecule has 0 fully saturated rings. The number of thiophene rings is 1. The molecule has 0 saturated carbocycles. The van der Waals surface area contributed by atoms with Crippen molar-refractivity contribution >= 4 is 45.3 Å². The molecule has 102 valence electrons. The Kier molecular flexibility index (Phi) is 4.93. The second kappa shape index (κ2) is 6.47. The number of aromatic nitrogens is 1. The quantitative estimate of drug-likeness (QED) is 0.919. The molecule has 0 radical (unpaired) electrons. The van der Waals surface area contributed by atoms with E-state index in [0.29, 0.717) is 5.13 Å². The van der Waals surface area contributed by atoms with Gasteiger partial charge in [0.05, 0.1) is 10.0 Å². The Hall–Kier alpha value is -0.950. The number of amides is 1. The van der Waals surface area contributed by atoms with Crippen LogP contribution in [0.15, 0.2) is 17.5 Å². The molecule has 1 amide bonds. The Morgan fingerprint density at radius 2 is 2.26 bits per heavy atom. The van der Waals surface area contributed by atoms with Crippen LogP contribution in [0, 0.1) is 0 Å². The molecule has 2 aromatic rings.